The second-order valence-electron chi connectivity index (χ2n) is 9.54. The number of sulfonamides is 1. The third kappa shape index (κ3) is 4.56. The summed E-state index contributed by atoms with van der Waals surface area (Å²) in [6.07, 6.45) is 1.05. The minimum atomic E-state index is -3.55. The molecule has 5 rings (SSSR count). The number of carbonyl (C=O) groups excluding carboxylic acids is 1. The maximum absolute atomic E-state index is 13.1. The molecule has 34 heavy (non-hydrogen) atoms. The number of hydrogen-bond donors (Lipinski definition) is 0. The highest BCUT2D eigenvalue weighted by molar-refractivity contribution is 7.89. The second kappa shape index (κ2) is 9.28. The Labute approximate surface area is 205 Å². The lowest BCUT2D eigenvalue weighted by Crippen LogP contribution is -2.48. The van der Waals surface area contributed by atoms with Gasteiger partial charge in [0.1, 0.15) is 0 Å². The van der Waals surface area contributed by atoms with Crippen LogP contribution in [-0.4, -0.2) is 67.8 Å². The normalized spacial score (nSPS) is 22.3. The van der Waals surface area contributed by atoms with E-state index in [0.717, 1.165) is 30.2 Å². The van der Waals surface area contributed by atoms with E-state index in [9.17, 15) is 13.2 Å². The van der Waals surface area contributed by atoms with Crippen molar-refractivity contribution < 1.29 is 13.2 Å². The Hall–Kier alpha value is -2.49. The molecule has 0 saturated carbocycles. The van der Waals surface area contributed by atoms with Crippen molar-refractivity contribution in [3.63, 3.8) is 0 Å². The molecule has 1 amide bonds. The molecule has 2 atom stereocenters. The number of hydrogen-bond acceptors (Lipinski definition) is 6. The Morgan fingerprint density at radius 3 is 2.24 bits per heavy atom. The van der Waals surface area contributed by atoms with Gasteiger partial charge in [0.25, 0.3) is 5.91 Å². The Morgan fingerprint density at radius 1 is 0.941 bits per heavy atom. The summed E-state index contributed by atoms with van der Waals surface area (Å²) < 4.78 is 29.0. The van der Waals surface area contributed by atoms with Gasteiger partial charge in [-0.2, -0.15) is 4.31 Å². The number of aromatic nitrogens is 1. The van der Waals surface area contributed by atoms with E-state index in [1.165, 1.54) is 4.70 Å². The zero-order chi connectivity index (χ0) is 23.9. The van der Waals surface area contributed by atoms with Crippen LogP contribution in [0.5, 0.6) is 0 Å². The number of rotatable bonds is 4. The van der Waals surface area contributed by atoms with Crippen LogP contribution in [0.1, 0.15) is 30.6 Å². The average Bonchev–Trinajstić information content (AvgIpc) is 3.27. The third-order valence-corrected chi connectivity index (χ3v) is 9.64. The molecule has 9 heteroatoms. The van der Waals surface area contributed by atoms with Crippen molar-refractivity contribution in [3.8, 4) is 0 Å². The summed E-state index contributed by atoms with van der Waals surface area (Å²) in [6, 6.07) is 14.5. The van der Waals surface area contributed by atoms with Crippen molar-refractivity contribution >= 4 is 42.6 Å². The van der Waals surface area contributed by atoms with E-state index in [4.69, 9.17) is 4.98 Å². The quantitative estimate of drug-likeness (QED) is 0.545. The van der Waals surface area contributed by atoms with Crippen molar-refractivity contribution in [2.45, 2.75) is 25.2 Å². The summed E-state index contributed by atoms with van der Waals surface area (Å²) in [5, 5.41) is 0.990. The first-order valence-electron chi connectivity index (χ1n) is 11.8. The highest BCUT2D eigenvalue weighted by atomic mass is 32.2. The Bertz CT molecular complexity index is 1240. The number of amides is 1. The molecule has 0 spiro atoms. The lowest BCUT2D eigenvalue weighted by molar-refractivity contribution is 0.0746. The van der Waals surface area contributed by atoms with Crippen LogP contribution in [0.3, 0.4) is 0 Å². The molecule has 7 nitrogen and oxygen atoms in total. The lowest BCUT2D eigenvalue weighted by atomic mass is 9.94. The van der Waals surface area contributed by atoms with Gasteiger partial charge in [-0.05, 0) is 54.7 Å². The molecular formula is C25H30N4O3S2. The predicted molar refractivity (Wildman–Crippen MR) is 136 cm³/mol. The molecule has 0 aliphatic carbocycles. The molecule has 3 aromatic rings. The summed E-state index contributed by atoms with van der Waals surface area (Å²) in [6.45, 7) is 7.95. The maximum atomic E-state index is 13.1. The minimum Gasteiger partial charge on any atom is -0.345 e. The van der Waals surface area contributed by atoms with Gasteiger partial charge in [0.15, 0.2) is 5.13 Å². The van der Waals surface area contributed by atoms with Crippen LogP contribution in [0.25, 0.3) is 10.2 Å². The van der Waals surface area contributed by atoms with Crippen LogP contribution in [0, 0.1) is 11.8 Å². The molecule has 2 saturated heterocycles. The standard InChI is InChI=1S/C25H30N4O3S2/c1-18-15-19(2)17-29(16-18)34(31,32)21-9-7-20(8-10-21)24(30)27-11-13-28(14-12-27)25-26-22-5-3-4-6-23(22)33-25/h3-10,18-19H,11-17H2,1-2H3. The number of benzene rings is 2. The number of carbonyl (C=O) groups is 1. The Morgan fingerprint density at radius 2 is 1.59 bits per heavy atom. The van der Waals surface area contributed by atoms with Crippen LogP contribution < -0.4 is 4.90 Å². The zero-order valence-electron chi connectivity index (χ0n) is 19.6. The monoisotopic (exact) mass is 498 g/mol. The average molecular weight is 499 g/mol. The predicted octanol–water partition coefficient (Wildman–Crippen LogP) is 3.93. The van der Waals surface area contributed by atoms with Gasteiger partial charge in [-0.15, -0.1) is 0 Å². The van der Waals surface area contributed by atoms with Gasteiger partial charge in [0.05, 0.1) is 15.1 Å². The van der Waals surface area contributed by atoms with Gasteiger partial charge in [-0.1, -0.05) is 37.3 Å². The SMILES string of the molecule is CC1CC(C)CN(S(=O)(=O)c2ccc(C(=O)N3CCN(c4nc5ccccc5s4)CC3)cc2)C1. The highest BCUT2D eigenvalue weighted by Gasteiger charge is 2.32. The van der Waals surface area contributed by atoms with Crippen molar-refractivity contribution in [2.24, 2.45) is 11.8 Å². The molecule has 3 heterocycles. The van der Waals surface area contributed by atoms with Gasteiger partial charge in [0, 0.05) is 44.8 Å². The molecule has 0 radical (unpaired) electrons. The van der Waals surface area contributed by atoms with Crippen LogP contribution in [-0.2, 0) is 10.0 Å². The number of nitrogens with zero attached hydrogens (tertiary/aromatic N) is 4. The molecule has 180 valence electrons. The largest absolute Gasteiger partial charge is 0.345 e. The Balaban J connectivity index is 1.23. The van der Waals surface area contributed by atoms with E-state index in [-0.39, 0.29) is 10.8 Å². The van der Waals surface area contributed by atoms with Gasteiger partial charge < -0.3 is 9.80 Å². The molecule has 2 unspecified atom stereocenters. The van der Waals surface area contributed by atoms with E-state index in [1.807, 2.05) is 23.1 Å². The fourth-order valence-electron chi connectivity index (χ4n) is 5.00. The lowest BCUT2D eigenvalue weighted by Gasteiger charge is -2.35. The number of piperidine rings is 1. The molecule has 2 fully saturated rings. The molecule has 2 aromatic carbocycles. The fraction of sp³-hybridized carbons (Fsp3) is 0.440. The number of piperazine rings is 1. The minimum absolute atomic E-state index is 0.0619. The number of fused-ring (bicyclic) bond motifs is 1. The highest BCUT2D eigenvalue weighted by Crippen LogP contribution is 2.30. The third-order valence-electron chi connectivity index (χ3n) is 6.69. The molecule has 2 aliphatic rings. The number of thiazole rings is 1. The van der Waals surface area contributed by atoms with Crippen molar-refractivity contribution in [1.82, 2.24) is 14.2 Å². The van der Waals surface area contributed by atoms with Crippen LogP contribution >= 0.6 is 11.3 Å². The second-order valence-corrected chi connectivity index (χ2v) is 12.5. The van der Waals surface area contributed by atoms with E-state index in [2.05, 4.69) is 24.8 Å². The molecule has 1 aromatic heterocycles. The van der Waals surface area contributed by atoms with Gasteiger partial charge >= 0.3 is 0 Å². The smallest absolute Gasteiger partial charge is 0.253 e. The van der Waals surface area contributed by atoms with E-state index in [0.29, 0.717) is 43.6 Å². The Kier molecular flexibility index (Phi) is 6.35. The van der Waals surface area contributed by atoms with E-state index >= 15 is 0 Å². The van der Waals surface area contributed by atoms with Crippen LogP contribution in [0.15, 0.2) is 53.4 Å². The zero-order valence-corrected chi connectivity index (χ0v) is 21.2. The molecular weight excluding hydrogens is 468 g/mol. The summed E-state index contributed by atoms with van der Waals surface area (Å²) in [4.78, 5) is 22.1. The summed E-state index contributed by atoms with van der Waals surface area (Å²) in [5.41, 5.74) is 1.53. The van der Waals surface area contributed by atoms with Gasteiger partial charge in [0.2, 0.25) is 10.0 Å². The first kappa shape index (κ1) is 23.3. The number of para-hydroxylation sites is 1. The van der Waals surface area contributed by atoms with Gasteiger partial charge in [-0.25, -0.2) is 13.4 Å². The molecule has 0 bridgehead atoms. The topological polar surface area (TPSA) is 73.8 Å². The van der Waals surface area contributed by atoms with Crippen molar-refractivity contribution in [3.05, 3.63) is 54.1 Å². The van der Waals surface area contributed by atoms with Crippen molar-refractivity contribution in [1.29, 1.82) is 0 Å². The van der Waals surface area contributed by atoms with Crippen LogP contribution in [0.4, 0.5) is 5.13 Å². The van der Waals surface area contributed by atoms with E-state index < -0.39 is 10.0 Å². The molecule has 2 aliphatic heterocycles. The summed E-state index contributed by atoms with van der Waals surface area (Å²) in [5.74, 6) is 0.634. The first-order chi connectivity index (χ1) is 16.3. The van der Waals surface area contributed by atoms with Crippen molar-refractivity contribution in [2.75, 3.05) is 44.2 Å². The van der Waals surface area contributed by atoms with E-state index in [1.54, 1.807) is 39.9 Å². The summed E-state index contributed by atoms with van der Waals surface area (Å²) in [7, 11) is -3.55. The fourth-order valence-corrected chi connectivity index (χ4v) is 7.70. The number of anilines is 1. The molecule has 0 N–H and O–H groups in total. The maximum Gasteiger partial charge on any atom is 0.253 e. The first-order valence-corrected chi connectivity index (χ1v) is 14.1. The summed E-state index contributed by atoms with van der Waals surface area (Å²) >= 11 is 1.68. The van der Waals surface area contributed by atoms with Crippen LogP contribution in [0.2, 0.25) is 0 Å². The van der Waals surface area contributed by atoms with Gasteiger partial charge in [-0.3, -0.25) is 4.79 Å².